The number of para-hydroxylation sites is 1. The first-order valence-corrected chi connectivity index (χ1v) is 8.67. The van der Waals surface area contributed by atoms with E-state index in [1.165, 1.54) is 6.07 Å². The highest BCUT2D eigenvalue weighted by atomic mass is 19.1. The first kappa shape index (κ1) is 19.2. The van der Waals surface area contributed by atoms with Crippen molar-refractivity contribution in [2.75, 3.05) is 11.6 Å². The quantitative estimate of drug-likeness (QED) is 0.775. The maximum absolute atomic E-state index is 13.5. The van der Waals surface area contributed by atoms with Crippen molar-refractivity contribution in [1.82, 2.24) is 5.32 Å². The van der Waals surface area contributed by atoms with E-state index in [1.54, 1.807) is 48.5 Å². The Hall–Kier alpha value is -3.55. The van der Waals surface area contributed by atoms with Gasteiger partial charge in [0.1, 0.15) is 11.5 Å². The monoisotopic (exact) mass is 383 g/mol. The molecule has 0 saturated carbocycles. The van der Waals surface area contributed by atoms with Crippen LogP contribution in [0, 0.1) is 5.82 Å². The van der Waals surface area contributed by atoms with Crippen LogP contribution in [-0.4, -0.2) is 30.1 Å². The molecule has 0 atom stereocenters. The van der Waals surface area contributed by atoms with E-state index in [2.05, 4.69) is 10.4 Å². The van der Waals surface area contributed by atoms with Crippen molar-refractivity contribution in [2.45, 2.75) is 19.4 Å². The normalized spacial score (nSPS) is 13.7. The van der Waals surface area contributed by atoms with E-state index < -0.39 is 24.3 Å². The molecule has 0 bridgehead atoms. The van der Waals surface area contributed by atoms with Crippen LogP contribution in [0.4, 0.5) is 10.1 Å². The molecule has 144 valence electrons. The molecule has 8 heteroatoms. The van der Waals surface area contributed by atoms with Crippen LogP contribution in [0.3, 0.4) is 0 Å². The minimum atomic E-state index is -0.769. The molecule has 0 spiro atoms. The molecule has 7 nitrogen and oxygen atoms in total. The molecule has 0 unspecified atom stereocenters. The van der Waals surface area contributed by atoms with Gasteiger partial charge in [0.2, 0.25) is 5.91 Å². The molecule has 2 aromatic carbocycles. The van der Waals surface area contributed by atoms with Gasteiger partial charge in [-0.25, -0.2) is 14.2 Å². The molecule has 0 aliphatic carbocycles. The highest BCUT2D eigenvalue weighted by Gasteiger charge is 2.26. The highest BCUT2D eigenvalue weighted by molar-refractivity contribution is 6.38. The zero-order chi connectivity index (χ0) is 19.9. The molecule has 28 heavy (non-hydrogen) atoms. The van der Waals surface area contributed by atoms with E-state index in [4.69, 9.17) is 4.74 Å². The summed E-state index contributed by atoms with van der Waals surface area (Å²) in [6.45, 7) is -0.536. The van der Waals surface area contributed by atoms with Gasteiger partial charge in [-0.15, -0.1) is 0 Å². The number of ether oxygens (including phenoxy) is 1. The second-order valence-corrected chi connectivity index (χ2v) is 6.03. The second kappa shape index (κ2) is 8.90. The highest BCUT2D eigenvalue weighted by Crippen LogP contribution is 2.20. The number of rotatable bonds is 6. The number of carbonyl (C=O) groups is 3. The first-order valence-electron chi connectivity index (χ1n) is 8.67. The molecule has 0 fully saturated rings. The van der Waals surface area contributed by atoms with E-state index in [0.29, 0.717) is 11.3 Å². The van der Waals surface area contributed by atoms with Crippen LogP contribution in [0.15, 0.2) is 59.7 Å². The van der Waals surface area contributed by atoms with Crippen molar-refractivity contribution in [3.63, 3.8) is 0 Å². The number of carbonyl (C=O) groups excluding carboxylic acids is 3. The van der Waals surface area contributed by atoms with Gasteiger partial charge in [-0.1, -0.05) is 36.4 Å². The molecule has 2 aromatic rings. The van der Waals surface area contributed by atoms with Crippen molar-refractivity contribution >= 4 is 29.2 Å². The molecule has 3 rings (SSSR count). The lowest BCUT2D eigenvalue weighted by Gasteiger charge is -2.22. The maximum Gasteiger partial charge on any atom is 0.355 e. The van der Waals surface area contributed by atoms with E-state index >= 15 is 0 Å². The van der Waals surface area contributed by atoms with E-state index in [9.17, 15) is 18.8 Å². The average Bonchev–Trinajstić information content (AvgIpc) is 2.72. The molecule has 1 aliphatic rings. The van der Waals surface area contributed by atoms with Crippen LogP contribution < -0.4 is 10.3 Å². The Balaban J connectivity index is 1.54. The van der Waals surface area contributed by atoms with Gasteiger partial charge in [-0.3, -0.25) is 9.59 Å². The predicted octanol–water partition coefficient (Wildman–Crippen LogP) is 2.17. The zero-order valence-corrected chi connectivity index (χ0v) is 14.9. The molecular formula is C20H18FN3O4. The molecule has 1 aliphatic heterocycles. The van der Waals surface area contributed by atoms with Gasteiger partial charge in [0.25, 0.3) is 5.91 Å². The van der Waals surface area contributed by atoms with E-state index in [1.807, 2.05) is 0 Å². The Morgan fingerprint density at radius 3 is 2.54 bits per heavy atom. The number of esters is 1. The van der Waals surface area contributed by atoms with Gasteiger partial charge < -0.3 is 10.1 Å². The second-order valence-electron chi connectivity index (χ2n) is 6.03. The van der Waals surface area contributed by atoms with Crippen molar-refractivity contribution in [2.24, 2.45) is 5.10 Å². The number of hydrogen-bond donors (Lipinski definition) is 1. The lowest BCUT2D eigenvalue weighted by molar-refractivity contribution is -0.142. The summed E-state index contributed by atoms with van der Waals surface area (Å²) in [6.07, 6.45) is 0.250. The van der Waals surface area contributed by atoms with Gasteiger partial charge in [0, 0.05) is 24.9 Å². The number of halogens is 1. The lowest BCUT2D eigenvalue weighted by atomic mass is 10.1. The van der Waals surface area contributed by atoms with Crippen LogP contribution in [0.25, 0.3) is 0 Å². The van der Waals surface area contributed by atoms with Crippen LogP contribution in [-0.2, 0) is 25.7 Å². The number of hydrogen-bond acceptors (Lipinski definition) is 5. The number of nitrogens with one attached hydrogen (secondary N) is 1. The Morgan fingerprint density at radius 1 is 1.07 bits per heavy atom. The Labute approximate surface area is 160 Å². The summed E-state index contributed by atoms with van der Waals surface area (Å²) in [5.41, 5.74) is 0.932. The van der Waals surface area contributed by atoms with Crippen LogP contribution >= 0.6 is 0 Å². The topological polar surface area (TPSA) is 88.1 Å². The molecule has 1 heterocycles. The summed E-state index contributed by atoms with van der Waals surface area (Å²) in [7, 11) is 0. The Bertz CT molecular complexity index is 915. The third kappa shape index (κ3) is 4.79. The van der Waals surface area contributed by atoms with Gasteiger partial charge in [-0.05, 0) is 18.2 Å². The minimum Gasteiger partial charge on any atom is -0.451 e. The average molecular weight is 383 g/mol. The minimum absolute atomic E-state index is 0.0136. The number of nitrogens with zero attached hydrogens (tertiary/aromatic N) is 2. The maximum atomic E-state index is 13.5. The molecule has 0 saturated heterocycles. The number of benzene rings is 2. The molecular weight excluding hydrogens is 365 g/mol. The van der Waals surface area contributed by atoms with Crippen LogP contribution in [0.1, 0.15) is 18.4 Å². The van der Waals surface area contributed by atoms with Crippen LogP contribution in [0.2, 0.25) is 0 Å². The predicted molar refractivity (Wildman–Crippen MR) is 99.8 cm³/mol. The Kier molecular flexibility index (Phi) is 6.11. The van der Waals surface area contributed by atoms with Gasteiger partial charge >= 0.3 is 5.97 Å². The Morgan fingerprint density at radius 2 is 1.79 bits per heavy atom. The van der Waals surface area contributed by atoms with Gasteiger partial charge in [0.15, 0.2) is 6.61 Å². The third-order valence-electron chi connectivity index (χ3n) is 4.04. The van der Waals surface area contributed by atoms with Crippen molar-refractivity contribution < 1.29 is 23.5 Å². The SMILES string of the molecule is O=C(COC(=O)C1=NN(c2ccccc2)C(=O)CC1)NCc1ccccc1F. The fourth-order valence-corrected chi connectivity index (χ4v) is 2.57. The molecule has 0 aromatic heterocycles. The van der Waals surface area contributed by atoms with Crippen molar-refractivity contribution in [3.8, 4) is 0 Å². The fourth-order valence-electron chi connectivity index (χ4n) is 2.57. The van der Waals surface area contributed by atoms with E-state index in [-0.39, 0.29) is 31.0 Å². The van der Waals surface area contributed by atoms with Crippen LogP contribution in [0.5, 0.6) is 0 Å². The fraction of sp³-hybridized carbons (Fsp3) is 0.200. The molecule has 1 N–H and O–H groups in total. The summed E-state index contributed by atoms with van der Waals surface area (Å²) >= 11 is 0. The van der Waals surface area contributed by atoms with Gasteiger partial charge in [0.05, 0.1) is 5.69 Å². The lowest BCUT2D eigenvalue weighted by Crippen LogP contribution is -2.36. The summed E-state index contributed by atoms with van der Waals surface area (Å²) in [6, 6.07) is 14.8. The number of anilines is 1. The van der Waals surface area contributed by atoms with E-state index in [0.717, 1.165) is 5.01 Å². The molecule has 2 amide bonds. The first-order chi connectivity index (χ1) is 13.5. The summed E-state index contributed by atoms with van der Waals surface area (Å²) in [5, 5.41) is 7.69. The summed E-state index contributed by atoms with van der Waals surface area (Å²) in [4.78, 5) is 36.1. The van der Waals surface area contributed by atoms with Crippen molar-refractivity contribution in [3.05, 3.63) is 66.0 Å². The summed E-state index contributed by atoms with van der Waals surface area (Å²) in [5.74, 6) is -1.99. The standard InChI is InChI=1S/C20H18FN3O4/c21-16-9-5-4-6-14(16)12-22-18(25)13-28-20(27)17-10-11-19(26)24(23-17)15-7-2-1-3-8-15/h1-9H,10-13H2,(H,22,25). The zero-order valence-electron chi connectivity index (χ0n) is 14.9. The molecule has 0 radical (unpaired) electrons. The number of hydrazone groups is 1. The summed E-state index contributed by atoms with van der Waals surface area (Å²) < 4.78 is 18.5. The van der Waals surface area contributed by atoms with Crippen molar-refractivity contribution in [1.29, 1.82) is 0 Å². The smallest absolute Gasteiger partial charge is 0.355 e. The van der Waals surface area contributed by atoms with Gasteiger partial charge in [-0.2, -0.15) is 5.10 Å². The largest absolute Gasteiger partial charge is 0.451 e. The number of amides is 2. The third-order valence-corrected chi connectivity index (χ3v) is 4.04.